The van der Waals surface area contributed by atoms with E-state index in [9.17, 15) is 14.2 Å². The molecule has 138 valence electrons. The van der Waals surface area contributed by atoms with Crippen LogP contribution in [0.5, 0.6) is 0 Å². The summed E-state index contributed by atoms with van der Waals surface area (Å²) in [4.78, 5) is 24.3. The molecule has 0 aliphatic carbocycles. The van der Waals surface area contributed by atoms with Gasteiger partial charge >= 0.3 is 11.9 Å². The van der Waals surface area contributed by atoms with Gasteiger partial charge in [0.25, 0.3) is 0 Å². The number of ether oxygens (including phenoxy) is 2. The Bertz CT molecular complexity index is 730. The van der Waals surface area contributed by atoms with Crippen molar-refractivity contribution in [1.82, 2.24) is 0 Å². The minimum Gasteiger partial charge on any atom is -0.469 e. The summed E-state index contributed by atoms with van der Waals surface area (Å²) in [5.74, 6) is -1.01. The smallest absolute Gasteiger partial charge is 0.317 e. The summed E-state index contributed by atoms with van der Waals surface area (Å²) in [7, 11) is -2.08. The SMILES string of the molecule is CCOC(=O)[C@H](CCC(=O)OC)P(=O)(c1ccccc1)c1ccccc1. The maximum atomic E-state index is 14.3. The molecule has 0 saturated carbocycles. The first kappa shape index (κ1) is 19.9. The monoisotopic (exact) mass is 374 g/mol. The standard InChI is InChI=1S/C20H23O5P/c1-3-25-20(22)18(14-15-19(21)24-2)26(23,16-10-6-4-7-11-16)17-12-8-5-9-13-17/h4-13,18H,3,14-15H2,1-2H3/t18-/m0/s1. The summed E-state index contributed by atoms with van der Waals surface area (Å²) in [6, 6.07) is 17.8. The largest absolute Gasteiger partial charge is 0.469 e. The zero-order valence-corrected chi connectivity index (χ0v) is 15.9. The molecule has 0 aromatic heterocycles. The molecule has 2 rings (SSSR count). The van der Waals surface area contributed by atoms with Gasteiger partial charge in [-0.05, 0) is 13.3 Å². The summed E-state index contributed by atoms with van der Waals surface area (Å²) >= 11 is 0. The molecule has 2 aromatic rings. The maximum Gasteiger partial charge on any atom is 0.317 e. The Kier molecular flexibility index (Phi) is 7.16. The molecule has 5 nitrogen and oxygen atoms in total. The third-order valence-corrected chi connectivity index (χ3v) is 7.60. The zero-order valence-electron chi connectivity index (χ0n) is 15.0. The number of benzene rings is 2. The van der Waals surface area contributed by atoms with Crippen molar-refractivity contribution in [3.63, 3.8) is 0 Å². The molecule has 0 unspecified atom stereocenters. The molecule has 0 bridgehead atoms. The Morgan fingerprint density at radius 1 is 0.962 bits per heavy atom. The summed E-state index contributed by atoms with van der Waals surface area (Å²) in [6.45, 7) is 1.88. The van der Waals surface area contributed by atoms with Crippen molar-refractivity contribution in [1.29, 1.82) is 0 Å². The van der Waals surface area contributed by atoms with E-state index < -0.39 is 24.7 Å². The van der Waals surface area contributed by atoms with Gasteiger partial charge in [-0.25, -0.2) is 0 Å². The summed E-state index contributed by atoms with van der Waals surface area (Å²) in [6.07, 6.45) is 0.0796. The van der Waals surface area contributed by atoms with Crippen molar-refractivity contribution in [2.75, 3.05) is 13.7 Å². The highest BCUT2D eigenvalue weighted by molar-refractivity contribution is 7.80. The minimum atomic E-state index is -3.37. The van der Waals surface area contributed by atoms with Crippen LogP contribution in [0.15, 0.2) is 60.7 Å². The molecule has 0 fully saturated rings. The molecule has 0 heterocycles. The lowest BCUT2D eigenvalue weighted by Gasteiger charge is -2.27. The molecule has 0 N–H and O–H groups in total. The molecule has 0 aliphatic heterocycles. The average molecular weight is 374 g/mol. The van der Waals surface area contributed by atoms with E-state index >= 15 is 0 Å². The topological polar surface area (TPSA) is 69.7 Å². The Morgan fingerprint density at radius 2 is 1.46 bits per heavy atom. The van der Waals surface area contributed by atoms with Crippen LogP contribution >= 0.6 is 7.14 Å². The van der Waals surface area contributed by atoms with Crippen LogP contribution in [0, 0.1) is 0 Å². The van der Waals surface area contributed by atoms with E-state index in [1.807, 2.05) is 12.1 Å². The summed E-state index contributed by atoms with van der Waals surface area (Å²) in [5.41, 5.74) is -0.952. The highest BCUT2D eigenvalue weighted by Gasteiger charge is 2.42. The second-order valence-electron chi connectivity index (χ2n) is 5.71. The molecule has 0 amide bonds. The predicted molar refractivity (Wildman–Crippen MR) is 101 cm³/mol. The van der Waals surface area contributed by atoms with E-state index in [2.05, 4.69) is 4.74 Å². The van der Waals surface area contributed by atoms with Crippen molar-refractivity contribution in [3.05, 3.63) is 60.7 Å². The van der Waals surface area contributed by atoms with E-state index in [0.717, 1.165) is 0 Å². The van der Waals surface area contributed by atoms with Gasteiger partial charge in [0, 0.05) is 17.0 Å². The molecule has 1 atom stereocenters. The number of rotatable bonds is 8. The van der Waals surface area contributed by atoms with Crippen molar-refractivity contribution in [2.45, 2.75) is 25.4 Å². The summed E-state index contributed by atoms with van der Waals surface area (Å²) < 4.78 is 24.2. The number of methoxy groups -OCH3 is 1. The minimum absolute atomic E-state index is 0.0103. The van der Waals surface area contributed by atoms with Crippen LogP contribution in [-0.2, 0) is 23.6 Å². The maximum absolute atomic E-state index is 14.3. The molecule has 26 heavy (non-hydrogen) atoms. The van der Waals surface area contributed by atoms with Crippen LogP contribution in [0.1, 0.15) is 19.8 Å². The van der Waals surface area contributed by atoms with Crippen molar-refractivity contribution >= 4 is 29.7 Å². The average Bonchev–Trinajstić information content (AvgIpc) is 2.69. The zero-order chi connectivity index (χ0) is 19.0. The Labute approximate surface area is 153 Å². The predicted octanol–water partition coefficient (Wildman–Crippen LogP) is 2.89. The fourth-order valence-corrected chi connectivity index (χ4v) is 5.96. The third-order valence-electron chi connectivity index (χ3n) is 4.13. The second kappa shape index (κ2) is 9.35. The number of hydrogen-bond acceptors (Lipinski definition) is 5. The molecule has 0 saturated heterocycles. The van der Waals surface area contributed by atoms with E-state index in [1.165, 1.54) is 7.11 Å². The Morgan fingerprint density at radius 3 is 1.88 bits per heavy atom. The molecule has 0 spiro atoms. The first-order chi connectivity index (χ1) is 12.5. The first-order valence-electron chi connectivity index (χ1n) is 8.48. The quantitative estimate of drug-likeness (QED) is 0.525. The number of carbonyl (C=O) groups is 2. The first-order valence-corrected chi connectivity index (χ1v) is 10.3. The van der Waals surface area contributed by atoms with Gasteiger partial charge in [-0.2, -0.15) is 0 Å². The second-order valence-corrected chi connectivity index (χ2v) is 8.68. The normalized spacial score (nSPS) is 12.2. The van der Waals surface area contributed by atoms with Crippen LogP contribution < -0.4 is 10.6 Å². The lowest BCUT2D eigenvalue weighted by atomic mass is 10.2. The molecular weight excluding hydrogens is 351 g/mol. The highest BCUT2D eigenvalue weighted by Crippen LogP contribution is 2.50. The molecule has 6 heteroatoms. The van der Waals surface area contributed by atoms with E-state index in [1.54, 1.807) is 55.5 Å². The fourth-order valence-electron chi connectivity index (χ4n) is 2.85. The Balaban J connectivity index is 2.56. The van der Waals surface area contributed by atoms with Gasteiger partial charge in [-0.1, -0.05) is 60.7 Å². The molecule has 2 aromatic carbocycles. The molecule has 0 radical (unpaired) electrons. The van der Waals surface area contributed by atoms with E-state index in [0.29, 0.717) is 10.6 Å². The van der Waals surface area contributed by atoms with Crippen LogP contribution in [-0.4, -0.2) is 31.3 Å². The third kappa shape index (κ3) is 4.41. The number of esters is 2. The Hall–Kier alpha value is -2.39. The van der Waals surface area contributed by atoms with Crippen LogP contribution in [0.4, 0.5) is 0 Å². The van der Waals surface area contributed by atoms with Crippen LogP contribution in [0.25, 0.3) is 0 Å². The highest BCUT2D eigenvalue weighted by atomic mass is 31.2. The van der Waals surface area contributed by atoms with E-state index in [4.69, 9.17) is 4.74 Å². The van der Waals surface area contributed by atoms with E-state index in [-0.39, 0.29) is 19.4 Å². The van der Waals surface area contributed by atoms with Gasteiger partial charge in [0.05, 0.1) is 13.7 Å². The lowest BCUT2D eigenvalue weighted by Crippen LogP contribution is -2.33. The lowest BCUT2D eigenvalue weighted by molar-refractivity contribution is -0.143. The van der Waals surface area contributed by atoms with Crippen LogP contribution in [0.2, 0.25) is 0 Å². The van der Waals surface area contributed by atoms with Crippen molar-refractivity contribution in [3.8, 4) is 0 Å². The number of carbonyl (C=O) groups excluding carboxylic acids is 2. The van der Waals surface area contributed by atoms with Crippen LogP contribution in [0.3, 0.4) is 0 Å². The fraction of sp³-hybridized carbons (Fsp3) is 0.300. The molecular formula is C20H23O5P. The van der Waals surface area contributed by atoms with Crippen molar-refractivity contribution < 1.29 is 23.6 Å². The van der Waals surface area contributed by atoms with Gasteiger partial charge in [0.2, 0.25) is 0 Å². The molecule has 0 aliphatic rings. The van der Waals surface area contributed by atoms with Gasteiger partial charge in [0.1, 0.15) is 5.66 Å². The van der Waals surface area contributed by atoms with Gasteiger partial charge in [-0.3, -0.25) is 9.59 Å². The summed E-state index contributed by atoms with van der Waals surface area (Å²) in [5, 5.41) is 1.13. The number of hydrogen-bond donors (Lipinski definition) is 0. The van der Waals surface area contributed by atoms with Gasteiger partial charge in [-0.15, -0.1) is 0 Å². The van der Waals surface area contributed by atoms with Crippen molar-refractivity contribution in [2.24, 2.45) is 0 Å². The van der Waals surface area contributed by atoms with Gasteiger partial charge < -0.3 is 14.0 Å². The van der Waals surface area contributed by atoms with Gasteiger partial charge in [0.15, 0.2) is 7.14 Å².